The Morgan fingerprint density at radius 1 is 1.48 bits per heavy atom. The minimum atomic E-state index is -0.272. The molecule has 0 fully saturated rings. The fraction of sp³-hybridized carbons (Fsp3) is 0.357. The van der Waals surface area contributed by atoms with E-state index in [2.05, 4.69) is 15.6 Å². The number of carbonyl (C=O) groups is 1. The highest BCUT2D eigenvalue weighted by molar-refractivity contribution is 5.91. The second-order valence-corrected chi connectivity index (χ2v) is 4.58. The molecule has 1 aromatic carbocycles. The molecule has 1 aromatic heterocycles. The van der Waals surface area contributed by atoms with Crippen LogP contribution in [0.4, 0.5) is 0 Å². The molecule has 0 aliphatic carbocycles. The molecule has 0 aliphatic heterocycles. The molecule has 7 nitrogen and oxygen atoms in total. The Hall–Kier alpha value is -2.41. The number of rotatable bonds is 7. The molecule has 112 valence electrons. The van der Waals surface area contributed by atoms with E-state index in [1.54, 1.807) is 6.20 Å². The lowest BCUT2D eigenvalue weighted by Crippen LogP contribution is -2.28. The maximum absolute atomic E-state index is 11.8. The Balaban J connectivity index is 1.73. The minimum Gasteiger partial charge on any atom is -0.492 e. The number of amides is 1. The Morgan fingerprint density at radius 2 is 2.33 bits per heavy atom. The number of aromatic nitrogens is 3. The molecule has 21 heavy (non-hydrogen) atoms. The van der Waals surface area contributed by atoms with Crippen LogP contribution in [0, 0.1) is 6.92 Å². The van der Waals surface area contributed by atoms with Crippen LogP contribution in [0.2, 0.25) is 0 Å². The molecule has 0 saturated heterocycles. The molecule has 2 rings (SSSR count). The van der Waals surface area contributed by atoms with Gasteiger partial charge in [0.05, 0.1) is 19.3 Å². The highest BCUT2D eigenvalue weighted by Gasteiger charge is 2.09. The third kappa shape index (κ3) is 4.57. The molecule has 1 amide bonds. The van der Waals surface area contributed by atoms with Gasteiger partial charge in [0.1, 0.15) is 12.4 Å². The summed E-state index contributed by atoms with van der Waals surface area (Å²) >= 11 is 0. The van der Waals surface area contributed by atoms with Crippen molar-refractivity contribution in [3.8, 4) is 5.75 Å². The van der Waals surface area contributed by atoms with Crippen molar-refractivity contribution in [2.24, 2.45) is 5.73 Å². The van der Waals surface area contributed by atoms with E-state index < -0.39 is 0 Å². The second-order valence-electron chi connectivity index (χ2n) is 4.58. The average molecular weight is 289 g/mol. The topological polar surface area (TPSA) is 95.1 Å². The van der Waals surface area contributed by atoms with Crippen LogP contribution in [-0.2, 0) is 6.54 Å². The molecule has 0 bridgehead atoms. The molecule has 1 heterocycles. The van der Waals surface area contributed by atoms with Crippen molar-refractivity contribution in [2.45, 2.75) is 13.5 Å². The summed E-state index contributed by atoms with van der Waals surface area (Å²) in [7, 11) is 0. The van der Waals surface area contributed by atoms with Gasteiger partial charge in [-0.05, 0) is 24.6 Å². The summed E-state index contributed by atoms with van der Waals surface area (Å²) in [6, 6.07) is 7.76. The highest BCUT2D eigenvalue weighted by Crippen LogP contribution is 2.11. The van der Waals surface area contributed by atoms with E-state index in [-0.39, 0.29) is 11.6 Å². The zero-order valence-corrected chi connectivity index (χ0v) is 12.0. The van der Waals surface area contributed by atoms with E-state index in [1.165, 1.54) is 4.68 Å². The normalized spacial score (nSPS) is 10.4. The lowest BCUT2D eigenvalue weighted by molar-refractivity contribution is 0.0942. The molecule has 0 radical (unpaired) electrons. The summed E-state index contributed by atoms with van der Waals surface area (Å²) < 4.78 is 7.08. The van der Waals surface area contributed by atoms with Crippen molar-refractivity contribution < 1.29 is 9.53 Å². The Morgan fingerprint density at radius 3 is 3.10 bits per heavy atom. The van der Waals surface area contributed by atoms with Crippen LogP contribution in [0.5, 0.6) is 5.75 Å². The lowest BCUT2D eigenvalue weighted by Gasteiger charge is -2.07. The van der Waals surface area contributed by atoms with Gasteiger partial charge in [-0.25, -0.2) is 0 Å². The quantitative estimate of drug-likeness (QED) is 0.717. The number of nitrogens with one attached hydrogen (secondary N) is 1. The number of nitrogens with two attached hydrogens (primary N) is 1. The summed E-state index contributed by atoms with van der Waals surface area (Å²) in [5.74, 6) is 0.518. The van der Waals surface area contributed by atoms with Crippen molar-refractivity contribution in [3.63, 3.8) is 0 Å². The van der Waals surface area contributed by atoms with Gasteiger partial charge in [0.25, 0.3) is 5.91 Å². The molecule has 7 heteroatoms. The minimum absolute atomic E-state index is 0.272. The van der Waals surface area contributed by atoms with Gasteiger partial charge < -0.3 is 15.8 Å². The van der Waals surface area contributed by atoms with Crippen molar-refractivity contribution in [3.05, 3.63) is 41.7 Å². The van der Waals surface area contributed by atoms with Crippen LogP contribution in [-0.4, -0.2) is 40.6 Å². The third-order valence-electron chi connectivity index (χ3n) is 2.78. The number of hydrogen-bond acceptors (Lipinski definition) is 5. The fourth-order valence-corrected chi connectivity index (χ4v) is 1.77. The Kier molecular flexibility index (Phi) is 5.28. The number of ether oxygens (including phenoxy) is 1. The van der Waals surface area contributed by atoms with Crippen LogP contribution < -0.4 is 15.8 Å². The maximum Gasteiger partial charge on any atom is 0.273 e. The summed E-state index contributed by atoms with van der Waals surface area (Å²) in [5.41, 5.74) is 6.81. The maximum atomic E-state index is 11.8. The summed E-state index contributed by atoms with van der Waals surface area (Å²) in [6.45, 7) is 3.79. The van der Waals surface area contributed by atoms with E-state index in [4.69, 9.17) is 10.5 Å². The van der Waals surface area contributed by atoms with Crippen LogP contribution in [0.1, 0.15) is 16.1 Å². The van der Waals surface area contributed by atoms with Gasteiger partial charge in [-0.1, -0.05) is 17.3 Å². The van der Waals surface area contributed by atoms with Gasteiger partial charge in [0.15, 0.2) is 5.69 Å². The zero-order chi connectivity index (χ0) is 15.1. The number of aryl methyl sites for hydroxylation is 1. The Labute approximate surface area is 123 Å². The monoisotopic (exact) mass is 289 g/mol. The third-order valence-corrected chi connectivity index (χ3v) is 2.78. The number of benzene rings is 1. The molecule has 0 unspecified atom stereocenters. The van der Waals surface area contributed by atoms with Gasteiger partial charge in [-0.15, -0.1) is 5.10 Å². The fourth-order valence-electron chi connectivity index (χ4n) is 1.77. The van der Waals surface area contributed by atoms with E-state index in [9.17, 15) is 4.79 Å². The predicted octanol–water partition coefficient (Wildman–Crippen LogP) is 0.354. The van der Waals surface area contributed by atoms with Crippen molar-refractivity contribution >= 4 is 5.91 Å². The van der Waals surface area contributed by atoms with Crippen molar-refractivity contribution in [1.29, 1.82) is 0 Å². The predicted molar refractivity (Wildman–Crippen MR) is 78.1 cm³/mol. The smallest absolute Gasteiger partial charge is 0.273 e. The summed E-state index contributed by atoms with van der Waals surface area (Å²) in [6.07, 6.45) is 1.57. The van der Waals surface area contributed by atoms with Crippen molar-refractivity contribution in [1.82, 2.24) is 20.3 Å². The summed E-state index contributed by atoms with van der Waals surface area (Å²) in [5, 5.41) is 10.3. The first-order valence-electron chi connectivity index (χ1n) is 6.77. The lowest BCUT2D eigenvalue weighted by atomic mass is 10.2. The Bertz CT molecular complexity index is 597. The average Bonchev–Trinajstić information content (AvgIpc) is 2.93. The summed E-state index contributed by atoms with van der Waals surface area (Å²) in [4.78, 5) is 11.8. The highest BCUT2D eigenvalue weighted by atomic mass is 16.5. The van der Waals surface area contributed by atoms with Gasteiger partial charge >= 0.3 is 0 Å². The number of nitrogens with zero attached hydrogens (tertiary/aromatic N) is 3. The van der Waals surface area contributed by atoms with Gasteiger partial charge in [0.2, 0.25) is 0 Å². The van der Waals surface area contributed by atoms with Crippen LogP contribution in [0.3, 0.4) is 0 Å². The van der Waals surface area contributed by atoms with Gasteiger partial charge in [-0.2, -0.15) is 0 Å². The first-order chi connectivity index (χ1) is 10.2. The van der Waals surface area contributed by atoms with E-state index in [1.807, 2.05) is 31.2 Å². The standard InChI is InChI=1S/C14H19N5O2/c1-11-3-2-4-12(9-11)21-8-6-16-14(20)13-10-19(7-5-15)18-17-13/h2-4,9-10H,5-8,15H2,1H3,(H,16,20). The molecule has 0 saturated carbocycles. The zero-order valence-electron chi connectivity index (χ0n) is 12.0. The molecule has 0 aliphatic rings. The van der Waals surface area contributed by atoms with Gasteiger partial charge in [0, 0.05) is 6.54 Å². The first kappa shape index (κ1) is 15.0. The van der Waals surface area contributed by atoms with Crippen LogP contribution in [0.25, 0.3) is 0 Å². The molecular weight excluding hydrogens is 270 g/mol. The molecule has 3 N–H and O–H groups in total. The largest absolute Gasteiger partial charge is 0.492 e. The number of carbonyl (C=O) groups excluding carboxylic acids is 1. The van der Waals surface area contributed by atoms with Crippen LogP contribution >= 0.6 is 0 Å². The second kappa shape index (κ2) is 7.39. The molecule has 2 aromatic rings. The molecule has 0 atom stereocenters. The van der Waals surface area contributed by atoms with Crippen LogP contribution in [0.15, 0.2) is 30.5 Å². The van der Waals surface area contributed by atoms with Crippen molar-refractivity contribution in [2.75, 3.05) is 19.7 Å². The van der Waals surface area contributed by atoms with Gasteiger partial charge in [-0.3, -0.25) is 9.48 Å². The van der Waals surface area contributed by atoms with E-state index in [0.29, 0.717) is 26.2 Å². The molecule has 0 spiro atoms. The SMILES string of the molecule is Cc1cccc(OCCNC(=O)c2cn(CCN)nn2)c1. The van der Waals surface area contributed by atoms with E-state index >= 15 is 0 Å². The first-order valence-corrected chi connectivity index (χ1v) is 6.77. The molecular formula is C14H19N5O2. The van der Waals surface area contributed by atoms with E-state index in [0.717, 1.165) is 11.3 Å². The number of hydrogen-bond donors (Lipinski definition) is 2.